The zero-order chi connectivity index (χ0) is 20.1. The molecule has 1 aliphatic rings. The number of anilines is 1. The zero-order valence-electron chi connectivity index (χ0n) is 15.8. The predicted molar refractivity (Wildman–Crippen MR) is 103 cm³/mol. The van der Waals surface area contributed by atoms with Crippen LogP contribution in [0.15, 0.2) is 48.5 Å². The molecule has 28 heavy (non-hydrogen) atoms. The summed E-state index contributed by atoms with van der Waals surface area (Å²) in [7, 11) is 1.60. The van der Waals surface area contributed by atoms with Gasteiger partial charge in [-0.15, -0.1) is 0 Å². The number of imide groups is 1. The van der Waals surface area contributed by atoms with Gasteiger partial charge in [-0.1, -0.05) is 12.1 Å². The lowest BCUT2D eigenvalue weighted by molar-refractivity contribution is -0.121. The van der Waals surface area contributed by atoms with Crippen LogP contribution in [0.25, 0.3) is 0 Å². The maximum absolute atomic E-state index is 12.7. The van der Waals surface area contributed by atoms with E-state index in [1.54, 1.807) is 38.3 Å². The van der Waals surface area contributed by atoms with Gasteiger partial charge in [-0.2, -0.15) is 0 Å². The van der Waals surface area contributed by atoms with E-state index in [2.05, 4.69) is 5.32 Å². The number of carbonyl (C=O) groups excluding carboxylic acids is 3. The lowest BCUT2D eigenvalue weighted by Gasteiger charge is -2.16. The van der Waals surface area contributed by atoms with Gasteiger partial charge < -0.3 is 14.8 Å². The number of methoxy groups -OCH3 is 1. The number of benzene rings is 2. The van der Waals surface area contributed by atoms with Crippen molar-refractivity contribution in [2.75, 3.05) is 18.6 Å². The van der Waals surface area contributed by atoms with Crippen molar-refractivity contribution < 1.29 is 23.9 Å². The maximum atomic E-state index is 12.7. The second-order valence-electron chi connectivity index (χ2n) is 6.32. The van der Waals surface area contributed by atoms with Crippen molar-refractivity contribution in [3.05, 3.63) is 59.7 Å². The van der Waals surface area contributed by atoms with Crippen LogP contribution >= 0.6 is 0 Å². The number of amides is 2. The highest BCUT2D eigenvalue weighted by atomic mass is 16.5. The minimum atomic E-state index is -0.584. The molecule has 1 fully saturated rings. The highest BCUT2D eigenvalue weighted by molar-refractivity contribution is 6.22. The van der Waals surface area contributed by atoms with Crippen molar-refractivity contribution >= 4 is 23.5 Å². The number of nitrogens with one attached hydrogen (secondary N) is 1. The summed E-state index contributed by atoms with van der Waals surface area (Å²) in [6, 6.07) is 13.2. The number of hydrogen-bond acceptors (Lipinski definition) is 6. The highest BCUT2D eigenvalue weighted by Crippen LogP contribution is 2.24. The molecule has 0 bridgehead atoms. The minimum Gasteiger partial charge on any atom is -0.497 e. The van der Waals surface area contributed by atoms with E-state index in [0.29, 0.717) is 17.8 Å². The first-order valence-electron chi connectivity index (χ1n) is 9.03. The Morgan fingerprint density at radius 3 is 2.39 bits per heavy atom. The molecule has 0 aliphatic carbocycles. The third-order valence-corrected chi connectivity index (χ3v) is 4.49. The van der Waals surface area contributed by atoms with Gasteiger partial charge in [0, 0.05) is 6.54 Å². The monoisotopic (exact) mass is 382 g/mol. The summed E-state index contributed by atoms with van der Waals surface area (Å²) in [6.07, 6.45) is 0.0919. The Balaban J connectivity index is 1.65. The van der Waals surface area contributed by atoms with Crippen LogP contribution in [0, 0.1) is 0 Å². The second kappa shape index (κ2) is 8.67. The van der Waals surface area contributed by atoms with Gasteiger partial charge in [0.2, 0.25) is 5.91 Å². The molecule has 7 nitrogen and oxygen atoms in total. The van der Waals surface area contributed by atoms with E-state index < -0.39 is 12.0 Å². The van der Waals surface area contributed by atoms with Crippen molar-refractivity contribution in [1.82, 2.24) is 5.32 Å². The molecule has 0 unspecified atom stereocenters. The molecule has 1 heterocycles. The van der Waals surface area contributed by atoms with Crippen LogP contribution in [0.3, 0.4) is 0 Å². The number of carbonyl (C=O) groups is 3. The van der Waals surface area contributed by atoms with Crippen LogP contribution in [0.5, 0.6) is 5.75 Å². The molecular weight excluding hydrogens is 360 g/mol. The highest BCUT2D eigenvalue weighted by Gasteiger charge is 2.39. The van der Waals surface area contributed by atoms with Crippen LogP contribution in [-0.2, 0) is 20.9 Å². The summed E-state index contributed by atoms with van der Waals surface area (Å²) in [6.45, 7) is 2.47. The molecule has 1 saturated heterocycles. The first-order chi connectivity index (χ1) is 13.5. The number of ether oxygens (including phenoxy) is 2. The molecule has 0 aromatic heterocycles. The minimum absolute atomic E-state index is 0.0919. The standard InChI is InChI=1S/C21H22N2O5/c1-3-28-21(26)15-6-8-16(9-7-15)23-19(24)12-18(20(23)25)22-13-14-4-10-17(27-2)11-5-14/h4-11,18,22H,3,12-13H2,1-2H3/t18-/m0/s1. The molecule has 1 N–H and O–H groups in total. The fourth-order valence-electron chi connectivity index (χ4n) is 3.01. The fraction of sp³-hybridized carbons (Fsp3) is 0.286. The number of nitrogens with zero attached hydrogens (tertiary/aromatic N) is 1. The van der Waals surface area contributed by atoms with Gasteiger partial charge in [0.1, 0.15) is 5.75 Å². The number of hydrogen-bond donors (Lipinski definition) is 1. The van der Waals surface area contributed by atoms with Crippen LogP contribution in [0.4, 0.5) is 5.69 Å². The normalized spacial score (nSPS) is 16.4. The molecule has 0 spiro atoms. The molecule has 1 atom stereocenters. The molecule has 1 aliphatic heterocycles. The Morgan fingerprint density at radius 1 is 1.11 bits per heavy atom. The molecule has 2 aromatic rings. The first kappa shape index (κ1) is 19.6. The average Bonchev–Trinajstić information content (AvgIpc) is 3.00. The van der Waals surface area contributed by atoms with Crippen molar-refractivity contribution in [2.45, 2.75) is 25.9 Å². The topological polar surface area (TPSA) is 84.9 Å². The summed E-state index contributed by atoms with van der Waals surface area (Å²) in [5.74, 6) is -0.260. The van der Waals surface area contributed by atoms with E-state index in [1.165, 1.54) is 0 Å². The summed E-state index contributed by atoms with van der Waals surface area (Å²) >= 11 is 0. The maximum Gasteiger partial charge on any atom is 0.338 e. The van der Waals surface area contributed by atoms with Crippen molar-refractivity contribution in [3.8, 4) is 5.75 Å². The molecular formula is C21H22N2O5. The Bertz CT molecular complexity index is 861. The lowest BCUT2D eigenvalue weighted by atomic mass is 10.2. The van der Waals surface area contributed by atoms with E-state index in [-0.39, 0.29) is 24.8 Å². The third kappa shape index (κ3) is 4.20. The first-order valence-corrected chi connectivity index (χ1v) is 9.03. The van der Waals surface area contributed by atoms with Crippen LogP contribution in [0.2, 0.25) is 0 Å². The zero-order valence-corrected chi connectivity index (χ0v) is 15.8. The van der Waals surface area contributed by atoms with Gasteiger partial charge in [0.25, 0.3) is 5.91 Å². The fourth-order valence-corrected chi connectivity index (χ4v) is 3.01. The SMILES string of the molecule is CCOC(=O)c1ccc(N2C(=O)C[C@H](NCc3ccc(OC)cc3)C2=O)cc1. The Morgan fingerprint density at radius 2 is 1.79 bits per heavy atom. The largest absolute Gasteiger partial charge is 0.497 e. The van der Waals surface area contributed by atoms with Gasteiger partial charge in [-0.25, -0.2) is 9.69 Å². The number of esters is 1. The summed E-state index contributed by atoms with van der Waals surface area (Å²) < 4.78 is 10.1. The van der Waals surface area contributed by atoms with E-state index in [0.717, 1.165) is 16.2 Å². The van der Waals surface area contributed by atoms with Crippen LogP contribution in [-0.4, -0.2) is 37.5 Å². The Labute approximate surface area is 163 Å². The summed E-state index contributed by atoms with van der Waals surface area (Å²) in [5.41, 5.74) is 1.80. The van der Waals surface area contributed by atoms with E-state index in [4.69, 9.17) is 9.47 Å². The van der Waals surface area contributed by atoms with Crippen molar-refractivity contribution in [1.29, 1.82) is 0 Å². The third-order valence-electron chi connectivity index (χ3n) is 4.49. The van der Waals surface area contributed by atoms with Gasteiger partial charge in [-0.3, -0.25) is 9.59 Å². The van der Waals surface area contributed by atoms with E-state index in [1.807, 2.05) is 24.3 Å². The van der Waals surface area contributed by atoms with E-state index >= 15 is 0 Å². The average molecular weight is 382 g/mol. The molecule has 2 amide bonds. The molecule has 0 radical (unpaired) electrons. The van der Waals surface area contributed by atoms with E-state index in [9.17, 15) is 14.4 Å². The second-order valence-corrected chi connectivity index (χ2v) is 6.32. The smallest absolute Gasteiger partial charge is 0.338 e. The molecule has 0 saturated carbocycles. The van der Waals surface area contributed by atoms with Crippen molar-refractivity contribution in [3.63, 3.8) is 0 Å². The van der Waals surface area contributed by atoms with Crippen molar-refractivity contribution in [2.24, 2.45) is 0 Å². The quantitative estimate of drug-likeness (QED) is 0.584. The molecule has 7 heteroatoms. The number of rotatable bonds is 7. The van der Waals surface area contributed by atoms with Crippen LogP contribution < -0.4 is 15.0 Å². The predicted octanol–water partition coefficient (Wildman–Crippen LogP) is 2.29. The van der Waals surface area contributed by atoms with Gasteiger partial charge in [0.15, 0.2) is 0 Å². The summed E-state index contributed by atoms with van der Waals surface area (Å²) in [5, 5.41) is 3.13. The van der Waals surface area contributed by atoms with Gasteiger partial charge >= 0.3 is 5.97 Å². The molecule has 3 rings (SSSR count). The summed E-state index contributed by atoms with van der Waals surface area (Å²) in [4.78, 5) is 37.9. The Hall–Kier alpha value is -3.19. The molecule has 146 valence electrons. The Kier molecular flexibility index (Phi) is 6.06. The van der Waals surface area contributed by atoms with Gasteiger partial charge in [-0.05, 0) is 48.9 Å². The van der Waals surface area contributed by atoms with Crippen LogP contribution in [0.1, 0.15) is 29.3 Å². The van der Waals surface area contributed by atoms with Gasteiger partial charge in [0.05, 0.1) is 37.4 Å². The lowest BCUT2D eigenvalue weighted by Crippen LogP contribution is -2.38. The molecule has 2 aromatic carbocycles.